The molecule has 0 bridgehead atoms. The Morgan fingerprint density at radius 3 is 2.63 bits per heavy atom. The number of methoxy groups -OCH3 is 1. The summed E-state index contributed by atoms with van der Waals surface area (Å²) >= 11 is 0. The fraction of sp³-hybridized carbons (Fsp3) is 0.286. The van der Waals surface area contributed by atoms with Gasteiger partial charge in [-0.25, -0.2) is 22.6 Å². The molecule has 1 aromatic heterocycles. The average Bonchev–Trinajstić information content (AvgIpc) is 2.94. The van der Waals surface area contributed by atoms with Gasteiger partial charge in [0.15, 0.2) is 11.6 Å². The summed E-state index contributed by atoms with van der Waals surface area (Å²) in [5, 5.41) is 10.0. The Morgan fingerprint density at radius 1 is 1.23 bits per heavy atom. The first-order valence-corrected chi connectivity index (χ1v) is 11.0. The van der Waals surface area contributed by atoms with Crippen molar-refractivity contribution in [3.63, 3.8) is 0 Å². The second-order valence-electron chi connectivity index (χ2n) is 7.21. The molecule has 0 spiro atoms. The van der Waals surface area contributed by atoms with Gasteiger partial charge in [-0.2, -0.15) is 5.10 Å². The number of benzene rings is 2. The third-order valence-electron chi connectivity index (χ3n) is 5.16. The Morgan fingerprint density at radius 2 is 1.97 bits per heavy atom. The molecule has 3 aromatic rings. The molecule has 0 saturated heterocycles. The zero-order valence-corrected chi connectivity index (χ0v) is 17.4. The van der Waals surface area contributed by atoms with Crippen LogP contribution >= 0.6 is 0 Å². The van der Waals surface area contributed by atoms with Gasteiger partial charge in [-0.15, -0.1) is 0 Å². The molecule has 1 aliphatic heterocycles. The minimum absolute atomic E-state index is 0.00153. The van der Waals surface area contributed by atoms with E-state index < -0.39 is 15.8 Å². The maximum atomic E-state index is 13.9. The van der Waals surface area contributed by atoms with Crippen molar-refractivity contribution in [1.82, 2.24) is 9.78 Å². The van der Waals surface area contributed by atoms with Crippen LogP contribution in [-0.4, -0.2) is 38.0 Å². The number of halogens is 1. The summed E-state index contributed by atoms with van der Waals surface area (Å²) < 4.78 is 49.8. The highest BCUT2D eigenvalue weighted by atomic mass is 32.2. The second kappa shape index (κ2) is 7.82. The van der Waals surface area contributed by atoms with E-state index in [2.05, 4.69) is 0 Å². The van der Waals surface area contributed by atoms with Crippen LogP contribution in [0.2, 0.25) is 0 Å². The fourth-order valence-electron chi connectivity index (χ4n) is 3.68. The van der Waals surface area contributed by atoms with E-state index in [0.29, 0.717) is 25.1 Å². The lowest BCUT2D eigenvalue weighted by Crippen LogP contribution is -2.13. The molecule has 158 valence electrons. The number of primary sulfonamides is 1. The van der Waals surface area contributed by atoms with E-state index in [0.717, 1.165) is 22.5 Å². The molecule has 0 saturated carbocycles. The highest BCUT2D eigenvalue weighted by Gasteiger charge is 2.25. The van der Waals surface area contributed by atoms with Gasteiger partial charge in [0.2, 0.25) is 10.0 Å². The molecule has 0 radical (unpaired) electrons. The average molecular weight is 431 g/mol. The van der Waals surface area contributed by atoms with E-state index in [9.17, 15) is 12.8 Å². The van der Waals surface area contributed by atoms with Gasteiger partial charge in [-0.1, -0.05) is 12.1 Å². The fourth-order valence-corrected chi connectivity index (χ4v) is 4.19. The highest BCUT2D eigenvalue weighted by Crippen LogP contribution is 2.32. The lowest BCUT2D eigenvalue weighted by Gasteiger charge is -2.12. The lowest BCUT2D eigenvalue weighted by molar-refractivity contribution is 0.0735. The quantitative estimate of drug-likeness (QED) is 0.685. The van der Waals surface area contributed by atoms with Crippen LogP contribution in [0.1, 0.15) is 18.2 Å². The van der Waals surface area contributed by atoms with Crippen LogP contribution in [-0.2, 0) is 27.6 Å². The van der Waals surface area contributed by atoms with Crippen molar-refractivity contribution < 1.29 is 22.3 Å². The molecule has 2 N–H and O–H groups in total. The smallest absolute Gasteiger partial charge is 0.238 e. The number of aromatic nitrogens is 2. The maximum absolute atomic E-state index is 13.9. The summed E-state index contributed by atoms with van der Waals surface area (Å²) in [6.07, 6.45) is 1.29. The molecule has 7 nitrogen and oxygen atoms in total. The summed E-state index contributed by atoms with van der Waals surface area (Å²) in [5.41, 5.74) is 4.16. The van der Waals surface area contributed by atoms with Crippen molar-refractivity contribution in [2.24, 2.45) is 5.14 Å². The summed E-state index contributed by atoms with van der Waals surface area (Å²) in [4.78, 5) is 0.0389. The largest absolute Gasteiger partial charge is 0.494 e. The Labute approximate surface area is 174 Å². The summed E-state index contributed by atoms with van der Waals surface area (Å²) in [6, 6.07) is 10.9. The van der Waals surface area contributed by atoms with Gasteiger partial charge in [-0.05, 0) is 37.6 Å². The number of nitrogens with two attached hydrogens (primary N) is 1. The molecule has 1 atom stereocenters. The number of hydrogen-bond acceptors (Lipinski definition) is 5. The number of rotatable bonds is 4. The maximum Gasteiger partial charge on any atom is 0.238 e. The Balaban J connectivity index is 1.88. The van der Waals surface area contributed by atoms with Crippen molar-refractivity contribution in [2.45, 2.75) is 30.8 Å². The first kappa shape index (κ1) is 20.5. The number of fused-ring (bicyclic) bond motifs is 1. The van der Waals surface area contributed by atoms with Crippen molar-refractivity contribution in [2.75, 3.05) is 13.7 Å². The van der Waals surface area contributed by atoms with E-state index in [4.69, 9.17) is 19.7 Å². The lowest BCUT2D eigenvalue weighted by atomic mass is 10.0. The van der Waals surface area contributed by atoms with Crippen molar-refractivity contribution >= 4 is 10.0 Å². The topological polar surface area (TPSA) is 96.4 Å². The molecule has 0 fully saturated rings. The van der Waals surface area contributed by atoms with E-state index in [1.165, 1.54) is 25.3 Å². The van der Waals surface area contributed by atoms with Gasteiger partial charge in [0.1, 0.15) is 0 Å². The predicted octanol–water partition coefficient (Wildman–Crippen LogP) is 2.84. The standard InChI is InChI=1S/C21H22FN3O4S/c1-13-11-19-17(9-10-29-13)21(14-3-6-16(7-4-14)30(23,26)27)24-25(19)15-5-8-18(22)20(12-15)28-2/h3-8,12-13H,9-11H2,1-2H3,(H2,23,26,27)/t13-/m1/s1. The molecule has 2 aromatic carbocycles. The number of hydrogen-bond donors (Lipinski definition) is 1. The van der Waals surface area contributed by atoms with Crippen LogP contribution in [0.5, 0.6) is 5.75 Å². The van der Waals surface area contributed by atoms with Gasteiger partial charge in [0.25, 0.3) is 0 Å². The molecule has 0 amide bonds. The van der Waals surface area contributed by atoms with E-state index in [-0.39, 0.29) is 16.7 Å². The zero-order chi connectivity index (χ0) is 21.5. The van der Waals surface area contributed by atoms with Gasteiger partial charge < -0.3 is 9.47 Å². The molecule has 1 aliphatic rings. The third-order valence-corrected chi connectivity index (χ3v) is 6.09. The number of ether oxygens (including phenoxy) is 2. The Bertz CT molecular complexity index is 1190. The second-order valence-corrected chi connectivity index (χ2v) is 8.77. The first-order chi connectivity index (χ1) is 14.3. The highest BCUT2D eigenvalue weighted by molar-refractivity contribution is 7.89. The van der Waals surface area contributed by atoms with Crippen LogP contribution in [0.15, 0.2) is 47.4 Å². The van der Waals surface area contributed by atoms with Gasteiger partial charge in [-0.3, -0.25) is 0 Å². The molecule has 30 heavy (non-hydrogen) atoms. The molecular weight excluding hydrogens is 409 g/mol. The molecule has 2 heterocycles. The molecule has 0 aliphatic carbocycles. The van der Waals surface area contributed by atoms with Gasteiger partial charge >= 0.3 is 0 Å². The van der Waals surface area contributed by atoms with Gasteiger partial charge in [0.05, 0.1) is 41.8 Å². The van der Waals surface area contributed by atoms with Crippen molar-refractivity contribution in [3.8, 4) is 22.7 Å². The third kappa shape index (κ3) is 3.83. The van der Waals surface area contributed by atoms with Gasteiger partial charge in [0, 0.05) is 23.6 Å². The Kier molecular flexibility index (Phi) is 5.35. The minimum Gasteiger partial charge on any atom is -0.494 e. The Hall–Kier alpha value is -2.75. The molecule has 0 unspecified atom stereocenters. The normalized spacial score (nSPS) is 16.7. The van der Waals surface area contributed by atoms with E-state index in [1.54, 1.807) is 28.9 Å². The SMILES string of the molecule is COc1cc(-n2nc(-c3ccc(S(N)(=O)=O)cc3)c3c2C[C@@H](C)OCC3)ccc1F. The summed E-state index contributed by atoms with van der Waals surface area (Å²) in [7, 11) is -2.36. The molecule has 9 heteroatoms. The van der Waals surface area contributed by atoms with Crippen molar-refractivity contribution in [3.05, 3.63) is 59.5 Å². The molecular formula is C21H22FN3O4S. The summed E-state index contributed by atoms with van der Waals surface area (Å²) in [6.45, 7) is 2.55. The molecule has 4 rings (SSSR count). The predicted molar refractivity (Wildman–Crippen MR) is 110 cm³/mol. The number of sulfonamides is 1. The van der Waals surface area contributed by atoms with Crippen LogP contribution in [0.4, 0.5) is 4.39 Å². The van der Waals surface area contributed by atoms with Crippen molar-refractivity contribution in [1.29, 1.82) is 0 Å². The van der Waals surface area contributed by atoms with E-state index in [1.807, 2.05) is 6.92 Å². The zero-order valence-electron chi connectivity index (χ0n) is 16.6. The van der Waals surface area contributed by atoms with Crippen LogP contribution < -0.4 is 9.88 Å². The first-order valence-electron chi connectivity index (χ1n) is 9.47. The van der Waals surface area contributed by atoms with E-state index >= 15 is 0 Å². The number of nitrogens with zero attached hydrogens (tertiary/aromatic N) is 2. The minimum atomic E-state index is -3.78. The summed E-state index contributed by atoms with van der Waals surface area (Å²) in [5.74, 6) is -0.316. The van der Waals surface area contributed by atoms with Crippen LogP contribution in [0.25, 0.3) is 16.9 Å². The monoisotopic (exact) mass is 431 g/mol. The van der Waals surface area contributed by atoms with Crippen LogP contribution in [0, 0.1) is 5.82 Å². The van der Waals surface area contributed by atoms with Crippen LogP contribution in [0.3, 0.4) is 0 Å².